The van der Waals surface area contributed by atoms with Crippen LogP contribution in [0.3, 0.4) is 0 Å². The molecule has 0 fully saturated rings. The molecule has 0 bridgehead atoms. The molecule has 1 aromatic heterocycles. The van der Waals surface area contributed by atoms with Crippen LogP contribution in [-0.4, -0.2) is 31.3 Å². The minimum Gasteiger partial charge on any atom is -0.493 e. The molecule has 0 radical (unpaired) electrons. The van der Waals surface area contributed by atoms with Crippen LogP contribution in [0.1, 0.15) is 0 Å². The maximum Gasteiger partial charge on any atom is 0.260 e. The number of aromatic nitrogens is 2. The molecule has 0 aliphatic rings. The Morgan fingerprint density at radius 3 is 2.19 bits per heavy atom. The molecule has 2 rings (SSSR count). The lowest BCUT2D eigenvalue weighted by molar-refractivity contribution is 0.320. The van der Waals surface area contributed by atoms with Gasteiger partial charge in [0.25, 0.3) is 5.88 Å². The summed E-state index contributed by atoms with van der Waals surface area (Å²) >= 11 is 5.61. The van der Waals surface area contributed by atoms with E-state index in [1.165, 1.54) is 33.5 Å². The maximum atomic E-state index is 13.6. The Labute approximate surface area is 125 Å². The molecule has 0 aliphatic carbocycles. The van der Waals surface area contributed by atoms with Crippen molar-refractivity contribution in [3.05, 3.63) is 29.4 Å². The summed E-state index contributed by atoms with van der Waals surface area (Å²) in [7, 11) is 4.40. The molecule has 1 heterocycles. The third-order valence-electron chi connectivity index (χ3n) is 2.54. The number of benzene rings is 1. The molecule has 112 valence electrons. The van der Waals surface area contributed by atoms with Crippen molar-refractivity contribution < 1.29 is 23.3 Å². The molecule has 8 heteroatoms. The van der Waals surface area contributed by atoms with E-state index in [1.807, 2.05) is 0 Å². The number of rotatable bonds is 5. The van der Waals surface area contributed by atoms with Gasteiger partial charge in [-0.15, -0.1) is 0 Å². The molecule has 0 N–H and O–H groups in total. The second-order valence-corrected chi connectivity index (χ2v) is 4.09. The molecule has 0 atom stereocenters. The normalized spacial score (nSPS) is 10.1. The van der Waals surface area contributed by atoms with Crippen LogP contribution < -0.4 is 18.9 Å². The third kappa shape index (κ3) is 3.25. The van der Waals surface area contributed by atoms with Crippen LogP contribution in [0.5, 0.6) is 28.9 Å². The topological polar surface area (TPSA) is 62.7 Å². The highest BCUT2D eigenvalue weighted by Gasteiger charge is 2.16. The number of nitrogens with zero attached hydrogens (tertiary/aromatic N) is 2. The van der Waals surface area contributed by atoms with E-state index in [2.05, 4.69) is 9.97 Å². The summed E-state index contributed by atoms with van der Waals surface area (Å²) in [5.41, 5.74) is 0. The number of hydrogen-bond donors (Lipinski definition) is 0. The van der Waals surface area contributed by atoms with E-state index >= 15 is 0 Å². The average Bonchev–Trinajstić information content (AvgIpc) is 2.49. The van der Waals surface area contributed by atoms with E-state index in [0.717, 1.165) is 6.20 Å². The predicted octanol–water partition coefficient (Wildman–Crippen LogP) is 3.09. The Hall–Kier alpha value is -2.28. The van der Waals surface area contributed by atoms with E-state index < -0.39 is 5.82 Å². The van der Waals surface area contributed by atoms with E-state index in [-0.39, 0.29) is 16.9 Å². The molecule has 0 aliphatic heterocycles. The van der Waals surface area contributed by atoms with Crippen LogP contribution in [0.2, 0.25) is 5.28 Å². The fourth-order valence-corrected chi connectivity index (χ4v) is 1.76. The molecular formula is C13H12ClFN2O4. The largest absolute Gasteiger partial charge is 0.493 e. The summed E-state index contributed by atoms with van der Waals surface area (Å²) in [4.78, 5) is 7.17. The molecule has 21 heavy (non-hydrogen) atoms. The van der Waals surface area contributed by atoms with Gasteiger partial charge in [0.15, 0.2) is 11.5 Å². The number of ether oxygens (including phenoxy) is 4. The van der Waals surface area contributed by atoms with E-state index in [0.29, 0.717) is 17.2 Å². The minimum absolute atomic E-state index is 0.126. The SMILES string of the molecule is COc1cc(Oc2nc(Cl)ncc2F)cc(OC)c1OC. The Morgan fingerprint density at radius 2 is 1.67 bits per heavy atom. The van der Waals surface area contributed by atoms with Crippen molar-refractivity contribution in [3.63, 3.8) is 0 Å². The first kappa shape index (κ1) is 15.1. The van der Waals surface area contributed by atoms with Gasteiger partial charge in [-0.05, 0) is 11.6 Å². The van der Waals surface area contributed by atoms with Gasteiger partial charge in [0, 0.05) is 12.1 Å². The van der Waals surface area contributed by atoms with Crippen molar-refractivity contribution in [2.45, 2.75) is 0 Å². The molecule has 6 nitrogen and oxygen atoms in total. The van der Waals surface area contributed by atoms with Gasteiger partial charge < -0.3 is 18.9 Å². The zero-order valence-electron chi connectivity index (χ0n) is 11.5. The van der Waals surface area contributed by atoms with Gasteiger partial charge in [-0.2, -0.15) is 9.37 Å². The fraction of sp³-hybridized carbons (Fsp3) is 0.231. The third-order valence-corrected chi connectivity index (χ3v) is 2.72. The van der Waals surface area contributed by atoms with Crippen molar-refractivity contribution in [2.75, 3.05) is 21.3 Å². The Balaban J connectivity index is 2.42. The van der Waals surface area contributed by atoms with Gasteiger partial charge >= 0.3 is 0 Å². The molecule has 2 aromatic rings. The molecular weight excluding hydrogens is 303 g/mol. The Morgan fingerprint density at radius 1 is 1.05 bits per heavy atom. The lowest BCUT2D eigenvalue weighted by atomic mass is 10.2. The highest BCUT2D eigenvalue weighted by Crippen LogP contribution is 2.41. The van der Waals surface area contributed by atoms with Gasteiger partial charge in [0.2, 0.25) is 16.9 Å². The Bertz CT molecular complexity index is 629. The fourth-order valence-electron chi connectivity index (χ4n) is 1.63. The summed E-state index contributed by atoms with van der Waals surface area (Å²) < 4.78 is 34.4. The first-order valence-corrected chi connectivity index (χ1v) is 6.12. The summed E-state index contributed by atoms with van der Waals surface area (Å²) in [6.45, 7) is 0. The van der Waals surface area contributed by atoms with Crippen LogP contribution >= 0.6 is 11.6 Å². The van der Waals surface area contributed by atoms with Crippen LogP contribution in [-0.2, 0) is 0 Å². The molecule has 0 spiro atoms. The Kier molecular flexibility index (Phi) is 4.64. The van der Waals surface area contributed by atoms with Crippen LogP contribution in [0, 0.1) is 5.82 Å². The number of hydrogen-bond acceptors (Lipinski definition) is 6. The summed E-state index contributed by atoms with van der Waals surface area (Å²) in [5.74, 6) is 0.337. The van der Waals surface area contributed by atoms with E-state index in [1.54, 1.807) is 0 Å². The number of halogens is 2. The molecule has 0 unspecified atom stereocenters. The highest BCUT2D eigenvalue weighted by atomic mass is 35.5. The lowest BCUT2D eigenvalue weighted by Crippen LogP contribution is -1.98. The zero-order chi connectivity index (χ0) is 15.4. The maximum absolute atomic E-state index is 13.6. The van der Waals surface area contributed by atoms with Crippen LogP contribution in [0.15, 0.2) is 18.3 Å². The molecule has 1 aromatic carbocycles. The number of methoxy groups -OCH3 is 3. The summed E-state index contributed by atoms with van der Waals surface area (Å²) in [6, 6.07) is 3.02. The van der Waals surface area contributed by atoms with Crippen molar-refractivity contribution in [2.24, 2.45) is 0 Å². The van der Waals surface area contributed by atoms with Crippen LogP contribution in [0.25, 0.3) is 0 Å². The lowest BCUT2D eigenvalue weighted by Gasteiger charge is -2.14. The monoisotopic (exact) mass is 314 g/mol. The van der Waals surface area contributed by atoms with Gasteiger partial charge in [-0.3, -0.25) is 0 Å². The van der Waals surface area contributed by atoms with Crippen LogP contribution in [0.4, 0.5) is 4.39 Å². The first-order chi connectivity index (χ1) is 10.1. The summed E-state index contributed by atoms with van der Waals surface area (Å²) in [5, 5.41) is -0.126. The predicted molar refractivity (Wildman–Crippen MR) is 73.2 cm³/mol. The van der Waals surface area contributed by atoms with E-state index in [9.17, 15) is 4.39 Å². The first-order valence-electron chi connectivity index (χ1n) is 5.75. The average molecular weight is 315 g/mol. The van der Waals surface area contributed by atoms with Crippen molar-refractivity contribution in [3.8, 4) is 28.9 Å². The highest BCUT2D eigenvalue weighted by molar-refractivity contribution is 6.28. The quantitative estimate of drug-likeness (QED) is 0.790. The summed E-state index contributed by atoms with van der Waals surface area (Å²) in [6.07, 6.45) is 0.919. The second kappa shape index (κ2) is 6.45. The minimum atomic E-state index is -0.742. The van der Waals surface area contributed by atoms with Crippen molar-refractivity contribution in [1.82, 2.24) is 9.97 Å². The van der Waals surface area contributed by atoms with E-state index in [4.69, 9.17) is 30.5 Å². The van der Waals surface area contributed by atoms with Crippen molar-refractivity contribution >= 4 is 11.6 Å². The smallest absolute Gasteiger partial charge is 0.260 e. The van der Waals surface area contributed by atoms with Gasteiger partial charge in [-0.1, -0.05) is 0 Å². The van der Waals surface area contributed by atoms with Gasteiger partial charge in [0.1, 0.15) is 5.75 Å². The second-order valence-electron chi connectivity index (χ2n) is 3.76. The van der Waals surface area contributed by atoms with Crippen molar-refractivity contribution in [1.29, 1.82) is 0 Å². The molecule has 0 saturated heterocycles. The molecule has 0 amide bonds. The van der Waals surface area contributed by atoms with Gasteiger partial charge in [-0.25, -0.2) is 4.98 Å². The zero-order valence-corrected chi connectivity index (χ0v) is 12.3. The van der Waals surface area contributed by atoms with Gasteiger partial charge in [0.05, 0.1) is 27.5 Å². The molecule has 0 saturated carbocycles. The standard InChI is InChI=1S/C13H12ClFN2O4/c1-18-9-4-7(5-10(19-2)11(9)20-3)21-12-8(15)6-16-13(14)17-12/h4-6H,1-3H3.